The molecule has 0 saturated heterocycles. The van der Waals surface area contributed by atoms with Crippen LogP contribution < -0.4 is 4.74 Å². The van der Waals surface area contributed by atoms with Crippen molar-refractivity contribution in [3.63, 3.8) is 0 Å². The predicted octanol–water partition coefficient (Wildman–Crippen LogP) is 6.15. The van der Waals surface area contributed by atoms with E-state index in [9.17, 15) is 41.7 Å². The Bertz CT molecular complexity index is 1720. The molecule has 1 N–H and O–H groups in total. The van der Waals surface area contributed by atoms with Gasteiger partial charge in [0.2, 0.25) is 5.75 Å². The van der Waals surface area contributed by atoms with E-state index in [1.54, 1.807) is 6.07 Å². The highest BCUT2D eigenvalue weighted by Crippen LogP contribution is 2.63. The van der Waals surface area contributed by atoms with E-state index in [0.29, 0.717) is 22.8 Å². The molecule has 4 aliphatic rings. The van der Waals surface area contributed by atoms with Crippen molar-refractivity contribution in [2.75, 3.05) is 6.61 Å². The molecule has 2 aromatic rings. The van der Waals surface area contributed by atoms with E-state index in [1.807, 2.05) is 51.2 Å². The second-order valence-electron chi connectivity index (χ2n) is 11.6. The molecule has 6 rings (SSSR count). The van der Waals surface area contributed by atoms with Gasteiger partial charge in [0.1, 0.15) is 5.60 Å². The maximum absolute atomic E-state index is 13.8. The van der Waals surface area contributed by atoms with Crippen LogP contribution in [0.4, 0.5) is 14.5 Å². The topological polar surface area (TPSA) is 176 Å². The predicted molar refractivity (Wildman–Crippen MR) is 175 cm³/mol. The number of carbonyl (C=O) groups excluding carboxylic acids is 3. The number of halogens is 5. The molecule has 0 spiro atoms. The first-order valence-electron chi connectivity index (χ1n) is 13.2. The van der Waals surface area contributed by atoms with Crippen LogP contribution in [0.2, 0.25) is 0 Å². The van der Waals surface area contributed by atoms with Crippen molar-refractivity contribution in [3.8, 4) is 5.75 Å². The summed E-state index contributed by atoms with van der Waals surface area (Å²) < 4.78 is 76.3. The third kappa shape index (κ3) is 6.93. The first-order valence-corrected chi connectivity index (χ1v) is 17.9. The minimum Gasteiger partial charge on any atom is -0.458 e. The van der Waals surface area contributed by atoms with Crippen molar-refractivity contribution in [1.82, 2.24) is 0 Å². The van der Waals surface area contributed by atoms with Crippen LogP contribution in [-0.2, 0) is 24.4 Å². The number of nitro benzene ring substituents is 1. The number of benzene rings is 2. The van der Waals surface area contributed by atoms with Crippen LogP contribution in [-0.4, -0.2) is 53.3 Å². The van der Waals surface area contributed by atoms with Crippen molar-refractivity contribution in [2.45, 2.75) is 49.4 Å². The largest absolute Gasteiger partial charge is 0.458 e. The maximum atomic E-state index is 13.8. The lowest BCUT2D eigenvalue weighted by molar-refractivity contribution is -0.385. The first-order chi connectivity index (χ1) is 20.8. The lowest BCUT2D eigenvalue weighted by Crippen LogP contribution is -2.60. The van der Waals surface area contributed by atoms with Gasteiger partial charge < -0.3 is 14.2 Å². The third-order valence-corrected chi connectivity index (χ3v) is 12.8. The van der Waals surface area contributed by atoms with Crippen LogP contribution in [0.5, 0.6) is 5.75 Å². The van der Waals surface area contributed by atoms with Crippen molar-refractivity contribution in [2.24, 2.45) is 17.3 Å². The Kier molecular flexibility index (Phi) is 9.47. The number of hydrogen-bond acceptors (Lipinski definition) is 10. The number of alkyl halides is 2. The fourth-order valence-corrected chi connectivity index (χ4v) is 9.49. The molecule has 2 unspecified atom stereocenters. The van der Waals surface area contributed by atoms with Gasteiger partial charge in [-0.05, 0) is 136 Å². The van der Waals surface area contributed by atoms with E-state index in [1.165, 1.54) is 6.07 Å². The Labute approximate surface area is 295 Å². The number of ether oxygens (including phenoxy) is 3. The SMILES string of the molecule is O=C(OC12CC3CC(C1)CC(C(=O)OCC(F)(F)S(=O)(=O)O)(C3)C2)c1ccc(OC(=O)c2cc(I)cc(I)c2I)c([N+](=O)[O-])c1. The Morgan fingerprint density at radius 3 is 2.29 bits per heavy atom. The quantitative estimate of drug-likeness (QED) is 0.0581. The molecule has 4 bridgehead atoms. The summed E-state index contributed by atoms with van der Waals surface area (Å²) in [7, 11) is -5.81. The Morgan fingerprint density at radius 1 is 1.04 bits per heavy atom. The van der Waals surface area contributed by atoms with Gasteiger partial charge in [0.25, 0.3) is 0 Å². The Balaban J connectivity index is 1.35. The zero-order chi connectivity index (χ0) is 33.1. The number of nitro groups is 1. The van der Waals surface area contributed by atoms with Gasteiger partial charge in [-0.1, -0.05) is 0 Å². The van der Waals surface area contributed by atoms with Crippen molar-refractivity contribution in [1.29, 1.82) is 0 Å². The van der Waals surface area contributed by atoms with Crippen LogP contribution in [0.15, 0.2) is 30.3 Å². The number of rotatable bonds is 9. The molecule has 0 amide bonds. The second kappa shape index (κ2) is 12.3. The van der Waals surface area contributed by atoms with Crippen molar-refractivity contribution >= 4 is 101 Å². The molecule has 18 heteroatoms. The van der Waals surface area contributed by atoms with E-state index in [2.05, 4.69) is 22.6 Å². The summed E-state index contributed by atoms with van der Waals surface area (Å²) in [4.78, 5) is 50.5. The molecule has 4 fully saturated rings. The highest BCUT2D eigenvalue weighted by molar-refractivity contribution is 14.1. The molecule has 12 nitrogen and oxygen atoms in total. The van der Waals surface area contributed by atoms with E-state index in [-0.39, 0.29) is 48.0 Å². The van der Waals surface area contributed by atoms with Crippen LogP contribution in [0.1, 0.15) is 59.2 Å². The summed E-state index contributed by atoms with van der Waals surface area (Å²) in [6.07, 6.45) is 1.92. The molecule has 242 valence electrons. The number of nitrogens with zero attached hydrogens (tertiary/aromatic N) is 1. The minimum absolute atomic E-state index is 0.0693. The monoisotopic (exact) mass is 987 g/mol. The van der Waals surface area contributed by atoms with Gasteiger partial charge in [-0.25, -0.2) is 9.59 Å². The summed E-state index contributed by atoms with van der Waals surface area (Å²) >= 11 is 6.05. The first kappa shape index (κ1) is 34.5. The van der Waals surface area contributed by atoms with Crippen molar-refractivity contribution in [3.05, 3.63) is 62.3 Å². The summed E-state index contributed by atoms with van der Waals surface area (Å²) in [6.45, 7) is -1.86. The average Bonchev–Trinajstić information content (AvgIpc) is 2.92. The van der Waals surface area contributed by atoms with Crippen molar-refractivity contribution < 1.29 is 55.3 Å². The van der Waals surface area contributed by atoms with Gasteiger partial charge in [0.15, 0.2) is 6.61 Å². The Morgan fingerprint density at radius 2 is 1.69 bits per heavy atom. The Hall–Kier alpha value is -1.79. The molecule has 2 atom stereocenters. The third-order valence-electron chi connectivity index (χ3n) is 8.31. The normalized spacial score (nSPS) is 25.5. The minimum atomic E-state index is -5.81. The molecule has 4 saturated carbocycles. The molecule has 4 aliphatic carbocycles. The number of esters is 3. The molecule has 45 heavy (non-hydrogen) atoms. The smallest absolute Gasteiger partial charge is 0.402 e. The summed E-state index contributed by atoms with van der Waals surface area (Å²) in [5, 5.41) is 7.22. The lowest BCUT2D eigenvalue weighted by atomic mass is 9.48. The molecule has 0 aromatic heterocycles. The molecule has 2 aromatic carbocycles. The standard InChI is InChI=1S/C27H22F2I3NO11S/c28-27(29,45(39,40)41)12-42-24(36)25-7-13-3-14(8-25)10-26(9-13,11-25)44-22(34)15-1-2-20(19(4-15)33(37)38)43-23(35)17-5-16(30)6-18(31)21(17)32/h1-2,4-6,13-14H,3,7-12H2,(H,39,40,41). The highest BCUT2D eigenvalue weighted by atomic mass is 127. The summed E-state index contributed by atoms with van der Waals surface area (Å²) in [5.41, 5.74) is -3.16. The fraction of sp³-hybridized carbons (Fsp3) is 0.444. The molecule has 0 radical (unpaired) electrons. The maximum Gasteiger partial charge on any atom is 0.402 e. The van der Waals surface area contributed by atoms with Crippen LogP contribution in [0.25, 0.3) is 0 Å². The van der Waals surface area contributed by atoms with E-state index in [4.69, 9.17) is 18.8 Å². The zero-order valence-electron chi connectivity index (χ0n) is 22.8. The van der Waals surface area contributed by atoms with Gasteiger partial charge in [-0.3, -0.25) is 19.5 Å². The van der Waals surface area contributed by atoms with Gasteiger partial charge >= 0.3 is 39.0 Å². The molecular formula is C27H22F2I3NO11S. The summed E-state index contributed by atoms with van der Waals surface area (Å²) in [5.74, 6) is -3.44. The van der Waals surface area contributed by atoms with Crippen LogP contribution in [0, 0.1) is 38.1 Å². The van der Waals surface area contributed by atoms with Crippen LogP contribution in [0.3, 0.4) is 0 Å². The highest BCUT2D eigenvalue weighted by Gasteiger charge is 2.63. The van der Waals surface area contributed by atoms with Gasteiger partial charge in [0, 0.05) is 23.2 Å². The molecular weight excluding hydrogens is 965 g/mol. The molecule has 0 heterocycles. The number of carbonyl (C=O) groups is 3. The lowest BCUT2D eigenvalue weighted by Gasteiger charge is -2.59. The summed E-state index contributed by atoms with van der Waals surface area (Å²) in [6, 6.07) is 6.68. The van der Waals surface area contributed by atoms with E-state index >= 15 is 0 Å². The molecule has 0 aliphatic heterocycles. The van der Waals surface area contributed by atoms with Gasteiger partial charge in [-0.2, -0.15) is 17.2 Å². The van der Waals surface area contributed by atoms with Gasteiger partial charge in [0.05, 0.1) is 21.5 Å². The second-order valence-corrected chi connectivity index (χ2v) is 16.6. The van der Waals surface area contributed by atoms with Crippen LogP contribution >= 0.6 is 67.8 Å². The average molecular weight is 987 g/mol. The number of hydrogen-bond donors (Lipinski definition) is 1. The fourth-order valence-electron chi connectivity index (χ4n) is 6.90. The van der Waals surface area contributed by atoms with E-state index < -0.39 is 61.5 Å². The van der Waals surface area contributed by atoms with E-state index in [0.717, 1.165) is 19.3 Å². The zero-order valence-corrected chi connectivity index (χ0v) is 30.1. The van der Waals surface area contributed by atoms with Gasteiger partial charge in [-0.15, -0.1) is 0 Å².